The highest BCUT2D eigenvalue weighted by Crippen LogP contribution is 2.13. The summed E-state index contributed by atoms with van der Waals surface area (Å²) in [5.41, 5.74) is 0.971. The number of hydrogen-bond donors (Lipinski definition) is 0. The average molecular weight is 292 g/mol. The maximum absolute atomic E-state index is 12.1. The number of amides is 2. The number of likely N-dealkylation sites (N-methyl/N-ethyl adjacent to an activating group) is 1. The number of hydrogen-bond acceptors (Lipinski definition) is 3. The SMILES string of the molecule is CCN(CC)C(=O)CN(Cc1ccc(OC)cc1)C(C)=O. The predicted octanol–water partition coefficient (Wildman–Crippen LogP) is 1.91. The predicted molar refractivity (Wildman–Crippen MR) is 82.0 cm³/mol. The molecule has 0 N–H and O–H groups in total. The third kappa shape index (κ3) is 5.10. The van der Waals surface area contributed by atoms with E-state index >= 15 is 0 Å². The van der Waals surface area contributed by atoms with Crippen LogP contribution < -0.4 is 4.74 Å². The first-order valence-electron chi connectivity index (χ1n) is 7.18. The Morgan fingerprint density at radius 1 is 1.05 bits per heavy atom. The Hall–Kier alpha value is -2.04. The molecule has 21 heavy (non-hydrogen) atoms. The highest BCUT2D eigenvalue weighted by atomic mass is 16.5. The third-order valence-electron chi connectivity index (χ3n) is 3.42. The fourth-order valence-corrected chi connectivity index (χ4v) is 2.07. The van der Waals surface area contributed by atoms with Crippen molar-refractivity contribution in [3.63, 3.8) is 0 Å². The fraction of sp³-hybridized carbons (Fsp3) is 0.500. The van der Waals surface area contributed by atoms with E-state index in [1.807, 2.05) is 38.1 Å². The smallest absolute Gasteiger partial charge is 0.242 e. The topological polar surface area (TPSA) is 49.9 Å². The first-order valence-corrected chi connectivity index (χ1v) is 7.18. The number of ether oxygens (including phenoxy) is 1. The molecule has 0 aliphatic carbocycles. The van der Waals surface area contributed by atoms with E-state index in [4.69, 9.17) is 4.74 Å². The molecule has 0 aromatic heterocycles. The van der Waals surface area contributed by atoms with Gasteiger partial charge in [0.1, 0.15) is 12.3 Å². The van der Waals surface area contributed by atoms with Gasteiger partial charge in [-0.3, -0.25) is 9.59 Å². The summed E-state index contributed by atoms with van der Waals surface area (Å²) in [5.74, 6) is 0.641. The molecular formula is C16H24N2O3. The van der Waals surface area contributed by atoms with Gasteiger partial charge >= 0.3 is 0 Å². The van der Waals surface area contributed by atoms with E-state index in [2.05, 4.69) is 0 Å². The Kier molecular flexibility index (Phi) is 6.72. The molecule has 0 aliphatic heterocycles. The third-order valence-corrected chi connectivity index (χ3v) is 3.42. The Morgan fingerprint density at radius 3 is 2.05 bits per heavy atom. The molecule has 5 nitrogen and oxygen atoms in total. The van der Waals surface area contributed by atoms with E-state index in [1.54, 1.807) is 16.9 Å². The summed E-state index contributed by atoms with van der Waals surface area (Å²) in [7, 11) is 1.61. The standard InChI is InChI=1S/C16H24N2O3/c1-5-17(6-2)16(20)12-18(13(3)19)11-14-7-9-15(21-4)10-8-14/h7-10H,5-6,11-12H2,1-4H3. The van der Waals surface area contributed by atoms with Gasteiger partial charge in [0.2, 0.25) is 11.8 Å². The van der Waals surface area contributed by atoms with Crippen LogP contribution >= 0.6 is 0 Å². The molecule has 0 saturated carbocycles. The quantitative estimate of drug-likeness (QED) is 0.771. The van der Waals surface area contributed by atoms with Gasteiger partial charge in [0.05, 0.1) is 7.11 Å². The molecule has 1 aromatic carbocycles. The summed E-state index contributed by atoms with van der Waals surface area (Å²) in [6.45, 7) is 7.20. The van der Waals surface area contributed by atoms with Crippen LogP contribution in [0.3, 0.4) is 0 Å². The van der Waals surface area contributed by atoms with E-state index in [0.717, 1.165) is 11.3 Å². The van der Waals surface area contributed by atoms with Crippen LogP contribution in [-0.2, 0) is 16.1 Å². The fourth-order valence-electron chi connectivity index (χ4n) is 2.07. The molecule has 1 rings (SSSR count). The molecule has 5 heteroatoms. The van der Waals surface area contributed by atoms with E-state index in [1.165, 1.54) is 6.92 Å². The minimum atomic E-state index is -0.105. The monoisotopic (exact) mass is 292 g/mol. The van der Waals surface area contributed by atoms with Crippen molar-refractivity contribution in [3.8, 4) is 5.75 Å². The molecule has 0 radical (unpaired) electrons. The summed E-state index contributed by atoms with van der Waals surface area (Å²) in [4.78, 5) is 27.1. The van der Waals surface area contributed by atoms with Crippen LogP contribution in [0.15, 0.2) is 24.3 Å². The largest absolute Gasteiger partial charge is 0.497 e. The molecule has 116 valence electrons. The van der Waals surface area contributed by atoms with Crippen LogP contribution in [0.25, 0.3) is 0 Å². The van der Waals surface area contributed by atoms with Crippen molar-refractivity contribution >= 4 is 11.8 Å². The Bertz CT molecular complexity index is 467. The van der Waals surface area contributed by atoms with Crippen molar-refractivity contribution in [1.82, 2.24) is 9.80 Å². The van der Waals surface area contributed by atoms with Gasteiger partial charge in [-0.25, -0.2) is 0 Å². The van der Waals surface area contributed by atoms with Gasteiger partial charge < -0.3 is 14.5 Å². The zero-order valence-corrected chi connectivity index (χ0v) is 13.3. The molecule has 0 heterocycles. The van der Waals surface area contributed by atoms with Gasteiger partial charge in [-0.05, 0) is 31.5 Å². The minimum Gasteiger partial charge on any atom is -0.497 e. The molecule has 0 unspecified atom stereocenters. The van der Waals surface area contributed by atoms with Crippen molar-refractivity contribution in [2.75, 3.05) is 26.7 Å². The average Bonchev–Trinajstić information content (AvgIpc) is 2.48. The van der Waals surface area contributed by atoms with E-state index in [-0.39, 0.29) is 18.4 Å². The molecule has 0 fully saturated rings. The van der Waals surface area contributed by atoms with Crippen molar-refractivity contribution in [2.24, 2.45) is 0 Å². The van der Waals surface area contributed by atoms with Gasteiger partial charge in [-0.15, -0.1) is 0 Å². The first-order chi connectivity index (χ1) is 10.0. The highest BCUT2D eigenvalue weighted by Gasteiger charge is 2.17. The summed E-state index contributed by atoms with van der Waals surface area (Å²) in [6.07, 6.45) is 0. The second kappa shape index (κ2) is 8.29. The summed E-state index contributed by atoms with van der Waals surface area (Å²) < 4.78 is 5.11. The Morgan fingerprint density at radius 2 is 1.62 bits per heavy atom. The zero-order chi connectivity index (χ0) is 15.8. The zero-order valence-electron chi connectivity index (χ0n) is 13.3. The molecule has 2 amide bonds. The van der Waals surface area contributed by atoms with E-state index < -0.39 is 0 Å². The number of carbonyl (C=O) groups excluding carboxylic acids is 2. The lowest BCUT2D eigenvalue weighted by Gasteiger charge is -2.25. The van der Waals surface area contributed by atoms with Crippen LogP contribution in [0.5, 0.6) is 5.75 Å². The number of methoxy groups -OCH3 is 1. The van der Waals surface area contributed by atoms with Gasteiger partial charge in [-0.2, -0.15) is 0 Å². The molecule has 1 aromatic rings. The van der Waals surface area contributed by atoms with Crippen molar-refractivity contribution in [1.29, 1.82) is 0 Å². The number of nitrogens with zero attached hydrogens (tertiary/aromatic N) is 2. The maximum Gasteiger partial charge on any atom is 0.242 e. The van der Waals surface area contributed by atoms with E-state index in [0.29, 0.717) is 19.6 Å². The molecule has 0 bridgehead atoms. The maximum atomic E-state index is 12.1. The summed E-state index contributed by atoms with van der Waals surface area (Å²) >= 11 is 0. The lowest BCUT2D eigenvalue weighted by molar-refractivity contribution is -0.139. The highest BCUT2D eigenvalue weighted by molar-refractivity contribution is 5.83. The van der Waals surface area contributed by atoms with E-state index in [9.17, 15) is 9.59 Å². The van der Waals surface area contributed by atoms with Gasteiger partial charge in [0.25, 0.3) is 0 Å². The lowest BCUT2D eigenvalue weighted by Crippen LogP contribution is -2.41. The van der Waals surface area contributed by atoms with Crippen LogP contribution in [0, 0.1) is 0 Å². The first kappa shape index (κ1) is 17.0. The molecule has 0 spiro atoms. The van der Waals surface area contributed by atoms with Gasteiger partial charge in [0, 0.05) is 26.6 Å². The summed E-state index contributed by atoms with van der Waals surface area (Å²) in [6, 6.07) is 7.49. The Labute approximate surface area is 126 Å². The van der Waals surface area contributed by atoms with Gasteiger partial charge in [0.15, 0.2) is 0 Å². The molecular weight excluding hydrogens is 268 g/mol. The van der Waals surface area contributed by atoms with Crippen molar-refractivity contribution in [2.45, 2.75) is 27.3 Å². The number of benzene rings is 1. The normalized spacial score (nSPS) is 10.1. The molecule has 0 saturated heterocycles. The van der Waals surface area contributed by atoms with Crippen LogP contribution in [-0.4, -0.2) is 48.4 Å². The van der Waals surface area contributed by atoms with Crippen molar-refractivity contribution < 1.29 is 14.3 Å². The molecule has 0 aliphatic rings. The number of carbonyl (C=O) groups is 2. The number of rotatable bonds is 7. The van der Waals surface area contributed by atoms with Crippen LogP contribution in [0.2, 0.25) is 0 Å². The van der Waals surface area contributed by atoms with Crippen LogP contribution in [0.4, 0.5) is 0 Å². The van der Waals surface area contributed by atoms with Gasteiger partial charge in [-0.1, -0.05) is 12.1 Å². The molecule has 0 atom stereocenters. The lowest BCUT2D eigenvalue weighted by atomic mass is 10.2. The van der Waals surface area contributed by atoms with Crippen molar-refractivity contribution in [3.05, 3.63) is 29.8 Å². The second-order valence-electron chi connectivity index (χ2n) is 4.79. The minimum absolute atomic E-state index is 0.0243. The Balaban J connectivity index is 2.73. The summed E-state index contributed by atoms with van der Waals surface area (Å²) in [5, 5.41) is 0. The second-order valence-corrected chi connectivity index (χ2v) is 4.79. The van der Waals surface area contributed by atoms with Crippen LogP contribution in [0.1, 0.15) is 26.3 Å².